The molecule has 1 heterocycles. The molecule has 3 rings (SSSR count). The second-order valence-electron chi connectivity index (χ2n) is 5.89. The fourth-order valence-corrected chi connectivity index (χ4v) is 2.99. The van der Waals surface area contributed by atoms with E-state index in [1.807, 2.05) is 25.1 Å². The number of fused-ring (bicyclic) bond motifs is 1. The Morgan fingerprint density at radius 2 is 1.92 bits per heavy atom. The van der Waals surface area contributed by atoms with Gasteiger partial charge < -0.3 is 10.2 Å². The summed E-state index contributed by atoms with van der Waals surface area (Å²) in [4.78, 5) is 26.9. The highest BCUT2D eigenvalue weighted by atomic mass is 19.1. The topological polar surface area (TPSA) is 49.4 Å². The summed E-state index contributed by atoms with van der Waals surface area (Å²) in [5, 5.41) is 2.78. The molecule has 0 radical (unpaired) electrons. The first-order valence-electron chi connectivity index (χ1n) is 8.05. The van der Waals surface area contributed by atoms with Gasteiger partial charge in [0.15, 0.2) is 0 Å². The Kier molecular flexibility index (Phi) is 4.60. The summed E-state index contributed by atoms with van der Waals surface area (Å²) in [5.74, 6) is -0.716. The lowest BCUT2D eigenvalue weighted by Gasteiger charge is -2.26. The van der Waals surface area contributed by atoms with Crippen molar-refractivity contribution in [2.24, 2.45) is 0 Å². The van der Waals surface area contributed by atoms with Gasteiger partial charge in [-0.1, -0.05) is 31.5 Å². The summed E-state index contributed by atoms with van der Waals surface area (Å²) in [7, 11) is 0. The molecule has 5 heteroatoms. The van der Waals surface area contributed by atoms with Gasteiger partial charge in [-0.2, -0.15) is 0 Å². The number of anilines is 1. The maximum Gasteiger partial charge on any atom is 0.255 e. The largest absolute Gasteiger partial charge is 0.324 e. The Morgan fingerprint density at radius 1 is 1.21 bits per heavy atom. The van der Waals surface area contributed by atoms with Gasteiger partial charge in [0.1, 0.15) is 11.9 Å². The predicted octanol–water partition coefficient (Wildman–Crippen LogP) is 3.59. The van der Waals surface area contributed by atoms with Crippen LogP contribution < -0.4 is 5.32 Å². The van der Waals surface area contributed by atoms with Crippen LogP contribution in [0.25, 0.3) is 0 Å². The molecule has 0 saturated carbocycles. The van der Waals surface area contributed by atoms with Gasteiger partial charge in [0.2, 0.25) is 5.91 Å². The van der Waals surface area contributed by atoms with E-state index in [0.29, 0.717) is 24.2 Å². The number of hydrogen-bond donors (Lipinski definition) is 1. The van der Waals surface area contributed by atoms with Gasteiger partial charge >= 0.3 is 0 Å². The predicted molar refractivity (Wildman–Crippen MR) is 90.0 cm³/mol. The second-order valence-corrected chi connectivity index (χ2v) is 5.89. The van der Waals surface area contributed by atoms with E-state index in [1.165, 1.54) is 24.3 Å². The molecule has 0 aliphatic carbocycles. The van der Waals surface area contributed by atoms with E-state index in [2.05, 4.69) is 5.32 Å². The fourth-order valence-electron chi connectivity index (χ4n) is 2.99. The van der Waals surface area contributed by atoms with Crippen molar-refractivity contribution < 1.29 is 14.0 Å². The van der Waals surface area contributed by atoms with Crippen LogP contribution >= 0.6 is 0 Å². The van der Waals surface area contributed by atoms with Gasteiger partial charge in [-0.25, -0.2) is 4.39 Å². The third-order valence-corrected chi connectivity index (χ3v) is 4.20. The van der Waals surface area contributed by atoms with Crippen LogP contribution in [-0.4, -0.2) is 22.8 Å². The summed E-state index contributed by atoms with van der Waals surface area (Å²) in [6, 6.07) is 12.5. The SMILES string of the molecule is CCC[C@H](C(=O)Nc1ccc(F)cc1)N1Cc2ccccc2C1=O. The van der Waals surface area contributed by atoms with E-state index in [9.17, 15) is 14.0 Å². The number of carbonyl (C=O) groups excluding carboxylic acids is 2. The molecule has 0 bridgehead atoms. The van der Waals surface area contributed by atoms with Gasteiger partial charge in [-0.05, 0) is 42.3 Å². The first kappa shape index (κ1) is 16.2. The van der Waals surface area contributed by atoms with Crippen molar-refractivity contribution in [1.29, 1.82) is 0 Å². The Bertz CT molecular complexity index is 758. The van der Waals surface area contributed by atoms with Crippen molar-refractivity contribution in [2.45, 2.75) is 32.4 Å². The molecule has 4 nitrogen and oxygen atoms in total. The highest BCUT2D eigenvalue weighted by Crippen LogP contribution is 2.26. The summed E-state index contributed by atoms with van der Waals surface area (Å²) in [5.41, 5.74) is 2.12. The number of amides is 2. The molecule has 0 spiro atoms. The molecular weight excluding hydrogens is 307 g/mol. The van der Waals surface area contributed by atoms with Crippen LogP contribution in [0.1, 0.15) is 35.7 Å². The maximum absolute atomic E-state index is 13.0. The highest BCUT2D eigenvalue weighted by Gasteiger charge is 2.35. The minimum absolute atomic E-state index is 0.113. The second kappa shape index (κ2) is 6.83. The smallest absolute Gasteiger partial charge is 0.255 e. The Morgan fingerprint density at radius 3 is 2.58 bits per heavy atom. The number of rotatable bonds is 5. The van der Waals surface area contributed by atoms with Crippen molar-refractivity contribution in [3.8, 4) is 0 Å². The average molecular weight is 326 g/mol. The van der Waals surface area contributed by atoms with Gasteiger partial charge in [0.25, 0.3) is 5.91 Å². The number of benzene rings is 2. The van der Waals surface area contributed by atoms with E-state index in [4.69, 9.17) is 0 Å². The standard InChI is InChI=1S/C19H19FN2O2/c1-2-5-17(18(23)21-15-10-8-14(20)9-11-15)22-12-13-6-3-4-7-16(13)19(22)24/h3-4,6-11,17H,2,5,12H2,1H3,(H,21,23)/t17-/m1/s1. The van der Waals surface area contributed by atoms with Crippen molar-refractivity contribution in [1.82, 2.24) is 4.90 Å². The number of nitrogens with zero attached hydrogens (tertiary/aromatic N) is 1. The molecule has 124 valence electrons. The van der Waals surface area contributed by atoms with E-state index < -0.39 is 6.04 Å². The van der Waals surface area contributed by atoms with Gasteiger partial charge in [-0.3, -0.25) is 9.59 Å². The zero-order valence-corrected chi connectivity index (χ0v) is 13.5. The van der Waals surface area contributed by atoms with E-state index in [-0.39, 0.29) is 17.6 Å². The summed E-state index contributed by atoms with van der Waals surface area (Å²) in [6.45, 7) is 2.42. The molecule has 0 aromatic heterocycles. The van der Waals surface area contributed by atoms with Crippen LogP contribution in [0.15, 0.2) is 48.5 Å². The molecule has 1 aliphatic heterocycles. The van der Waals surface area contributed by atoms with E-state index in [1.54, 1.807) is 11.0 Å². The normalized spacial score (nSPS) is 14.4. The molecule has 0 saturated heterocycles. The van der Waals surface area contributed by atoms with E-state index >= 15 is 0 Å². The molecule has 1 atom stereocenters. The molecule has 2 amide bonds. The third kappa shape index (κ3) is 3.15. The van der Waals surface area contributed by atoms with Crippen LogP contribution in [0.2, 0.25) is 0 Å². The van der Waals surface area contributed by atoms with Crippen LogP contribution in [0.5, 0.6) is 0 Å². The third-order valence-electron chi connectivity index (χ3n) is 4.20. The summed E-state index contributed by atoms with van der Waals surface area (Å²) >= 11 is 0. The van der Waals surface area contributed by atoms with Crippen molar-refractivity contribution >= 4 is 17.5 Å². The monoisotopic (exact) mass is 326 g/mol. The Balaban J connectivity index is 1.79. The summed E-state index contributed by atoms with van der Waals surface area (Å²) in [6.07, 6.45) is 1.36. The van der Waals surface area contributed by atoms with Crippen LogP contribution in [0.3, 0.4) is 0 Å². The summed E-state index contributed by atoms with van der Waals surface area (Å²) < 4.78 is 13.0. The average Bonchev–Trinajstić information content (AvgIpc) is 2.92. The van der Waals surface area contributed by atoms with Crippen molar-refractivity contribution in [3.63, 3.8) is 0 Å². The first-order chi connectivity index (χ1) is 11.6. The Labute approximate surface area is 140 Å². The zero-order valence-electron chi connectivity index (χ0n) is 13.5. The van der Waals surface area contributed by atoms with E-state index in [0.717, 1.165) is 12.0 Å². The van der Waals surface area contributed by atoms with Crippen molar-refractivity contribution in [2.75, 3.05) is 5.32 Å². The lowest BCUT2D eigenvalue weighted by Crippen LogP contribution is -2.44. The number of nitrogens with one attached hydrogen (secondary N) is 1. The molecule has 0 unspecified atom stereocenters. The lowest BCUT2D eigenvalue weighted by atomic mass is 10.1. The lowest BCUT2D eigenvalue weighted by molar-refractivity contribution is -0.120. The minimum atomic E-state index is -0.542. The minimum Gasteiger partial charge on any atom is -0.324 e. The van der Waals surface area contributed by atoms with Crippen LogP contribution in [0, 0.1) is 5.82 Å². The van der Waals surface area contributed by atoms with Gasteiger partial charge in [-0.15, -0.1) is 0 Å². The quantitative estimate of drug-likeness (QED) is 0.913. The number of hydrogen-bond acceptors (Lipinski definition) is 2. The maximum atomic E-state index is 13.0. The molecule has 1 aliphatic rings. The molecule has 24 heavy (non-hydrogen) atoms. The number of halogens is 1. The highest BCUT2D eigenvalue weighted by molar-refractivity contribution is 6.03. The van der Waals surface area contributed by atoms with Crippen LogP contribution in [0.4, 0.5) is 10.1 Å². The molecule has 2 aromatic carbocycles. The molecular formula is C19H19FN2O2. The van der Waals surface area contributed by atoms with Crippen molar-refractivity contribution in [3.05, 3.63) is 65.5 Å². The van der Waals surface area contributed by atoms with Crippen LogP contribution in [-0.2, 0) is 11.3 Å². The van der Waals surface area contributed by atoms with Gasteiger partial charge in [0, 0.05) is 17.8 Å². The van der Waals surface area contributed by atoms with Gasteiger partial charge in [0.05, 0.1) is 0 Å². The molecule has 0 fully saturated rings. The number of carbonyl (C=O) groups is 2. The molecule has 2 aromatic rings. The molecule has 1 N–H and O–H groups in total. The first-order valence-corrected chi connectivity index (χ1v) is 8.05. The zero-order chi connectivity index (χ0) is 17.1. The Hall–Kier alpha value is -2.69. The fraction of sp³-hybridized carbons (Fsp3) is 0.263.